The average Bonchev–Trinajstić information content (AvgIpc) is 3.57. The Kier molecular flexibility index (Phi) is 4.67. The molecule has 1 saturated carbocycles. The van der Waals surface area contributed by atoms with E-state index in [0.29, 0.717) is 17.7 Å². The average molecular weight is 422 g/mol. The third kappa shape index (κ3) is 3.10. The molecule has 1 aliphatic carbocycles. The molecule has 2 unspecified atom stereocenters. The Labute approximate surface area is 185 Å². The van der Waals surface area contributed by atoms with Crippen molar-refractivity contribution >= 4 is 45.0 Å². The number of rotatable bonds is 5. The second-order valence-electron chi connectivity index (χ2n) is 8.15. The summed E-state index contributed by atoms with van der Waals surface area (Å²) in [5.41, 5.74) is 9.59. The Morgan fingerprint density at radius 1 is 1.00 bits per heavy atom. The van der Waals surface area contributed by atoms with Crippen LogP contribution >= 0.6 is 0 Å². The number of para-hydroxylation sites is 1. The van der Waals surface area contributed by atoms with Gasteiger partial charge in [0.25, 0.3) is 0 Å². The van der Waals surface area contributed by atoms with E-state index in [-0.39, 0.29) is 5.91 Å². The van der Waals surface area contributed by atoms with Gasteiger partial charge in [-0.05, 0) is 61.9 Å². The van der Waals surface area contributed by atoms with Gasteiger partial charge in [-0.1, -0.05) is 18.2 Å². The predicted octanol–water partition coefficient (Wildman–Crippen LogP) is 4.47. The molecule has 4 aromatic rings. The van der Waals surface area contributed by atoms with Gasteiger partial charge in [0, 0.05) is 39.7 Å². The molecule has 0 radical (unpaired) electrons. The number of hydrogen-bond donors (Lipinski definition) is 1. The van der Waals surface area contributed by atoms with Crippen molar-refractivity contribution in [2.75, 3.05) is 4.90 Å². The van der Waals surface area contributed by atoms with E-state index >= 15 is 0 Å². The smallest absolute Gasteiger partial charge is 0.235 e. The summed E-state index contributed by atoms with van der Waals surface area (Å²) >= 11 is 0. The minimum Gasteiger partial charge on any atom is -0.369 e. The molecule has 32 heavy (non-hydrogen) atoms. The fraction of sp³-hybridized carbons (Fsp3) is 0.192. The third-order valence-electron chi connectivity index (χ3n) is 6.28. The van der Waals surface area contributed by atoms with Crippen molar-refractivity contribution < 1.29 is 9.59 Å². The van der Waals surface area contributed by atoms with Crippen molar-refractivity contribution in [3.8, 4) is 6.07 Å². The standard InChI is InChI=1S/C26H22N4O2/c1-2-29-23-6-4-3-5-19(23)20-13-18(11-12-24(20)29)30(17-9-7-16(15-27)8-10-17)26(32)22-14-21(22)25(28)31/h3-13,21-22H,2,14H2,1H3,(H2,28,31). The molecule has 0 aliphatic heterocycles. The minimum absolute atomic E-state index is 0.155. The van der Waals surface area contributed by atoms with Crippen LogP contribution in [-0.2, 0) is 16.1 Å². The van der Waals surface area contributed by atoms with Gasteiger partial charge in [-0.3, -0.25) is 14.5 Å². The van der Waals surface area contributed by atoms with Gasteiger partial charge in [0.05, 0.1) is 23.5 Å². The van der Waals surface area contributed by atoms with Gasteiger partial charge in [0.1, 0.15) is 0 Å². The topological polar surface area (TPSA) is 92.1 Å². The number of nitrogens with zero attached hydrogens (tertiary/aromatic N) is 3. The lowest BCUT2D eigenvalue weighted by Gasteiger charge is -2.24. The molecule has 1 fully saturated rings. The number of nitrogens with two attached hydrogens (primary N) is 1. The van der Waals surface area contributed by atoms with E-state index in [1.165, 1.54) is 0 Å². The highest BCUT2D eigenvalue weighted by atomic mass is 16.2. The molecule has 0 bridgehead atoms. The molecule has 1 aromatic heterocycles. The first-order valence-electron chi connectivity index (χ1n) is 10.7. The second kappa shape index (κ2) is 7.54. The van der Waals surface area contributed by atoms with Crippen LogP contribution in [0.2, 0.25) is 0 Å². The maximum Gasteiger partial charge on any atom is 0.235 e. The monoisotopic (exact) mass is 422 g/mol. The zero-order valence-electron chi connectivity index (χ0n) is 17.7. The number of hydrogen-bond acceptors (Lipinski definition) is 3. The Morgan fingerprint density at radius 3 is 2.34 bits per heavy atom. The van der Waals surface area contributed by atoms with Crippen molar-refractivity contribution in [2.24, 2.45) is 17.6 Å². The van der Waals surface area contributed by atoms with Gasteiger partial charge in [-0.25, -0.2) is 0 Å². The van der Waals surface area contributed by atoms with Crippen LogP contribution in [0.25, 0.3) is 21.8 Å². The number of anilines is 2. The Morgan fingerprint density at radius 2 is 1.69 bits per heavy atom. The van der Waals surface area contributed by atoms with Crippen LogP contribution in [0.3, 0.4) is 0 Å². The van der Waals surface area contributed by atoms with E-state index < -0.39 is 17.7 Å². The van der Waals surface area contributed by atoms with E-state index in [9.17, 15) is 9.59 Å². The molecule has 1 heterocycles. The summed E-state index contributed by atoms with van der Waals surface area (Å²) in [6, 6.07) is 23.2. The molecule has 5 rings (SSSR count). The van der Waals surface area contributed by atoms with E-state index in [1.54, 1.807) is 29.2 Å². The summed E-state index contributed by atoms with van der Waals surface area (Å²) in [4.78, 5) is 26.8. The second-order valence-corrected chi connectivity index (χ2v) is 8.15. The van der Waals surface area contributed by atoms with Gasteiger partial charge < -0.3 is 10.3 Å². The number of aromatic nitrogens is 1. The van der Waals surface area contributed by atoms with Gasteiger partial charge in [0.2, 0.25) is 11.8 Å². The third-order valence-corrected chi connectivity index (χ3v) is 6.28. The fourth-order valence-corrected chi connectivity index (χ4v) is 4.56. The van der Waals surface area contributed by atoms with Crippen molar-refractivity contribution in [1.29, 1.82) is 5.26 Å². The molecule has 158 valence electrons. The highest BCUT2D eigenvalue weighted by Gasteiger charge is 2.49. The molecule has 6 heteroatoms. The van der Waals surface area contributed by atoms with E-state index in [4.69, 9.17) is 11.0 Å². The van der Waals surface area contributed by atoms with Crippen LogP contribution in [0, 0.1) is 23.2 Å². The molecular weight excluding hydrogens is 400 g/mol. The quantitative estimate of drug-likeness (QED) is 0.514. The van der Waals surface area contributed by atoms with Crippen molar-refractivity contribution in [2.45, 2.75) is 19.9 Å². The molecule has 1 aliphatic rings. The first kappa shape index (κ1) is 19.8. The number of primary amides is 1. The molecule has 6 nitrogen and oxygen atoms in total. The first-order chi connectivity index (χ1) is 15.5. The fourth-order valence-electron chi connectivity index (χ4n) is 4.56. The van der Waals surface area contributed by atoms with Crippen LogP contribution in [0.4, 0.5) is 11.4 Å². The number of amides is 2. The number of aryl methyl sites for hydroxylation is 1. The van der Waals surface area contributed by atoms with Gasteiger partial charge in [0.15, 0.2) is 0 Å². The van der Waals surface area contributed by atoms with Crippen LogP contribution < -0.4 is 10.6 Å². The highest BCUT2D eigenvalue weighted by molar-refractivity contribution is 6.12. The number of carbonyl (C=O) groups is 2. The molecule has 0 saturated heterocycles. The summed E-state index contributed by atoms with van der Waals surface area (Å²) < 4.78 is 2.26. The molecule has 0 spiro atoms. The number of fused-ring (bicyclic) bond motifs is 3. The summed E-state index contributed by atoms with van der Waals surface area (Å²) in [7, 11) is 0. The maximum atomic E-state index is 13.5. The SMILES string of the molecule is CCn1c2ccccc2c2cc(N(C(=O)C3CC3C(N)=O)c3ccc(C#N)cc3)ccc21. The summed E-state index contributed by atoms with van der Waals surface area (Å²) in [5.74, 6) is -1.44. The molecular formula is C26H22N4O2. The number of benzene rings is 3. The van der Waals surface area contributed by atoms with Crippen LogP contribution in [0.15, 0.2) is 66.7 Å². The molecule has 2 N–H and O–H groups in total. The van der Waals surface area contributed by atoms with Crippen LogP contribution in [0.1, 0.15) is 18.9 Å². The van der Waals surface area contributed by atoms with E-state index in [2.05, 4.69) is 29.7 Å². The lowest BCUT2D eigenvalue weighted by Crippen LogP contribution is -2.29. The minimum atomic E-state index is -0.440. The van der Waals surface area contributed by atoms with Crippen molar-refractivity contribution in [1.82, 2.24) is 4.57 Å². The molecule has 2 atom stereocenters. The Balaban J connectivity index is 1.67. The Hall–Kier alpha value is -4.11. The summed E-state index contributed by atoms with van der Waals surface area (Å²) in [6.45, 7) is 2.95. The zero-order valence-corrected chi connectivity index (χ0v) is 17.7. The van der Waals surface area contributed by atoms with Crippen LogP contribution in [0.5, 0.6) is 0 Å². The maximum absolute atomic E-state index is 13.5. The largest absolute Gasteiger partial charge is 0.369 e. The van der Waals surface area contributed by atoms with Crippen molar-refractivity contribution in [3.63, 3.8) is 0 Å². The van der Waals surface area contributed by atoms with Gasteiger partial charge >= 0.3 is 0 Å². The zero-order chi connectivity index (χ0) is 22.4. The molecule has 2 amide bonds. The predicted molar refractivity (Wildman–Crippen MR) is 124 cm³/mol. The van der Waals surface area contributed by atoms with E-state index in [1.807, 2.05) is 30.3 Å². The van der Waals surface area contributed by atoms with Crippen LogP contribution in [-0.4, -0.2) is 16.4 Å². The highest BCUT2D eigenvalue weighted by Crippen LogP contribution is 2.43. The van der Waals surface area contributed by atoms with Gasteiger partial charge in [-0.2, -0.15) is 5.26 Å². The van der Waals surface area contributed by atoms with Crippen molar-refractivity contribution in [3.05, 3.63) is 72.3 Å². The van der Waals surface area contributed by atoms with Gasteiger partial charge in [-0.15, -0.1) is 0 Å². The Bertz CT molecular complexity index is 1410. The van der Waals surface area contributed by atoms with E-state index in [0.717, 1.165) is 34.0 Å². The lowest BCUT2D eigenvalue weighted by atomic mass is 10.1. The summed E-state index contributed by atoms with van der Waals surface area (Å²) in [6.07, 6.45) is 0.471. The number of nitriles is 1. The number of carbonyl (C=O) groups excluding carboxylic acids is 2. The summed E-state index contributed by atoms with van der Waals surface area (Å²) in [5, 5.41) is 11.3. The normalized spacial score (nSPS) is 17.2. The molecule has 3 aromatic carbocycles. The lowest BCUT2D eigenvalue weighted by molar-refractivity contribution is -0.123. The first-order valence-corrected chi connectivity index (χ1v) is 10.7.